The van der Waals surface area contributed by atoms with Crippen molar-refractivity contribution in [2.75, 3.05) is 0 Å². The van der Waals surface area contributed by atoms with Crippen molar-refractivity contribution in [3.63, 3.8) is 0 Å². The van der Waals surface area contributed by atoms with Crippen LogP contribution in [0.2, 0.25) is 0 Å². The van der Waals surface area contributed by atoms with Gasteiger partial charge in [0.2, 0.25) is 0 Å². The summed E-state index contributed by atoms with van der Waals surface area (Å²) in [5, 5.41) is 0.886. The molecule has 2 heterocycles. The fourth-order valence-electron chi connectivity index (χ4n) is 1.67. The van der Waals surface area contributed by atoms with E-state index >= 15 is 0 Å². The quantitative estimate of drug-likeness (QED) is 0.517. The SMILES string of the molecule is CC#Cc1cn(C)c2cncc(C=O)c12. The first-order chi connectivity index (χ1) is 7.27. The third-order valence-corrected chi connectivity index (χ3v) is 2.31. The van der Waals surface area contributed by atoms with E-state index in [-0.39, 0.29) is 0 Å². The molecule has 0 atom stereocenters. The second kappa shape index (κ2) is 3.58. The molecule has 0 aliphatic rings. The van der Waals surface area contributed by atoms with E-state index in [2.05, 4.69) is 16.8 Å². The van der Waals surface area contributed by atoms with Crippen molar-refractivity contribution in [1.82, 2.24) is 9.55 Å². The lowest BCUT2D eigenvalue weighted by Gasteiger charge is -1.96. The number of carbonyl (C=O) groups is 1. The van der Waals surface area contributed by atoms with Gasteiger partial charge in [0.15, 0.2) is 6.29 Å². The lowest BCUT2D eigenvalue weighted by molar-refractivity contribution is 0.112. The van der Waals surface area contributed by atoms with Crippen molar-refractivity contribution in [3.05, 3.63) is 29.7 Å². The summed E-state index contributed by atoms with van der Waals surface area (Å²) >= 11 is 0. The zero-order chi connectivity index (χ0) is 10.8. The average Bonchev–Trinajstić information content (AvgIpc) is 2.57. The lowest BCUT2D eigenvalue weighted by Crippen LogP contribution is -1.88. The van der Waals surface area contributed by atoms with Crippen LogP contribution in [-0.2, 0) is 7.05 Å². The van der Waals surface area contributed by atoms with Crippen LogP contribution in [0.5, 0.6) is 0 Å². The van der Waals surface area contributed by atoms with Gasteiger partial charge >= 0.3 is 0 Å². The Morgan fingerprint density at radius 1 is 1.47 bits per heavy atom. The predicted molar refractivity (Wildman–Crippen MR) is 58.7 cm³/mol. The first-order valence-electron chi connectivity index (χ1n) is 4.59. The molecular weight excluding hydrogens is 188 g/mol. The first-order valence-corrected chi connectivity index (χ1v) is 4.59. The van der Waals surface area contributed by atoms with Crippen LogP contribution in [-0.4, -0.2) is 15.8 Å². The minimum Gasteiger partial charge on any atom is -0.348 e. The van der Waals surface area contributed by atoms with E-state index in [1.54, 1.807) is 19.3 Å². The molecule has 15 heavy (non-hydrogen) atoms. The Labute approximate surface area is 87.7 Å². The van der Waals surface area contributed by atoms with Crippen LogP contribution in [0.15, 0.2) is 18.6 Å². The number of fused-ring (bicyclic) bond motifs is 1. The molecule has 3 nitrogen and oxygen atoms in total. The minimum atomic E-state index is 0.589. The highest BCUT2D eigenvalue weighted by Gasteiger charge is 2.09. The maximum absolute atomic E-state index is 10.9. The van der Waals surface area contributed by atoms with Gasteiger partial charge in [-0.25, -0.2) is 0 Å². The summed E-state index contributed by atoms with van der Waals surface area (Å²) in [6.45, 7) is 1.78. The third kappa shape index (κ3) is 1.40. The van der Waals surface area contributed by atoms with Crippen molar-refractivity contribution >= 4 is 17.2 Å². The monoisotopic (exact) mass is 198 g/mol. The molecule has 0 N–H and O–H groups in total. The Kier molecular flexibility index (Phi) is 2.26. The van der Waals surface area contributed by atoms with Gasteiger partial charge < -0.3 is 4.57 Å². The number of hydrogen-bond acceptors (Lipinski definition) is 2. The summed E-state index contributed by atoms with van der Waals surface area (Å²) < 4.78 is 1.93. The zero-order valence-corrected chi connectivity index (χ0v) is 8.61. The van der Waals surface area contributed by atoms with Crippen LogP contribution < -0.4 is 0 Å². The van der Waals surface area contributed by atoms with E-state index in [1.165, 1.54) is 0 Å². The van der Waals surface area contributed by atoms with Gasteiger partial charge in [-0.2, -0.15) is 0 Å². The third-order valence-electron chi connectivity index (χ3n) is 2.31. The van der Waals surface area contributed by atoms with Crippen LogP contribution in [0.3, 0.4) is 0 Å². The van der Waals surface area contributed by atoms with Crippen LogP contribution in [0, 0.1) is 11.8 Å². The van der Waals surface area contributed by atoms with Crippen LogP contribution in [0.25, 0.3) is 10.9 Å². The van der Waals surface area contributed by atoms with Gasteiger partial charge in [0.05, 0.1) is 17.3 Å². The zero-order valence-electron chi connectivity index (χ0n) is 8.61. The number of hydrogen-bond donors (Lipinski definition) is 0. The van der Waals surface area contributed by atoms with E-state index in [9.17, 15) is 4.79 Å². The number of aryl methyl sites for hydroxylation is 1. The molecule has 0 amide bonds. The van der Waals surface area contributed by atoms with Gasteiger partial charge in [-0.15, -0.1) is 5.92 Å². The van der Waals surface area contributed by atoms with Crippen LogP contribution in [0.4, 0.5) is 0 Å². The normalized spacial score (nSPS) is 9.73. The number of carbonyl (C=O) groups excluding carboxylic acids is 1. The highest BCUT2D eigenvalue weighted by atomic mass is 16.1. The summed E-state index contributed by atoms with van der Waals surface area (Å²) in [5.74, 6) is 5.83. The number of nitrogens with zero attached hydrogens (tertiary/aromatic N) is 2. The molecule has 0 saturated carbocycles. The molecule has 3 heteroatoms. The molecule has 0 bridgehead atoms. The molecule has 2 aromatic heterocycles. The highest BCUT2D eigenvalue weighted by Crippen LogP contribution is 2.21. The maximum Gasteiger partial charge on any atom is 0.152 e. The predicted octanol–water partition coefficient (Wildman–Crippen LogP) is 1.76. The summed E-state index contributed by atoms with van der Waals surface area (Å²) in [4.78, 5) is 14.9. The Bertz CT molecular complexity index is 585. The molecule has 0 radical (unpaired) electrons. The molecule has 0 unspecified atom stereocenters. The van der Waals surface area contributed by atoms with E-state index in [1.807, 2.05) is 17.8 Å². The number of aldehydes is 1. The van der Waals surface area contributed by atoms with Crippen molar-refractivity contribution < 1.29 is 4.79 Å². The molecule has 0 aliphatic carbocycles. The van der Waals surface area contributed by atoms with Crippen molar-refractivity contribution in [2.45, 2.75) is 6.92 Å². The highest BCUT2D eigenvalue weighted by molar-refractivity contribution is 6.00. The van der Waals surface area contributed by atoms with Crippen LogP contribution in [0.1, 0.15) is 22.8 Å². The second-order valence-electron chi connectivity index (χ2n) is 3.27. The summed E-state index contributed by atoms with van der Waals surface area (Å²) in [5.41, 5.74) is 2.39. The number of rotatable bonds is 1. The van der Waals surface area contributed by atoms with Gasteiger partial charge in [-0.05, 0) is 6.92 Å². The van der Waals surface area contributed by atoms with Crippen molar-refractivity contribution in [3.8, 4) is 11.8 Å². The number of pyridine rings is 1. The van der Waals surface area contributed by atoms with Gasteiger partial charge in [-0.3, -0.25) is 9.78 Å². The van der Waals surface area contributed by atoms with Gasteiger partial charge in [0.1, 0.15) is 0 Å². The lowest BCUT2D eigenvalue weighted by atomic mass is 10.1. The summed E-state index contributed by atoms with van der Waals surface area (Å²) in [6.07, 6.45) is 6.03. The van der Waals surface area contributed by atoms with E-state index in [0.717, 1.165) is 22.8 Å². The van der Waals surface area contributed by atoms with E-state index in [4.69, 9.17) is 0 Å². The molecule has 0 aromatic carbocycles. The fraction of sp³-hybridized carbons (Fsp3) is 0.167. The van der Waals surface area contributed by atoms with E-state index in [0.29, 0.717) is 5.56 Å². The van der Waals surface area contributed by atoms with Crippen LogP contribution >= 0.6 is 0 Å². The summed E-state index contributed by atoms with van der Waals surface area (Å²) in [6, 6.07) is 0. The maximum atomic E-state index is 10.9. The topological polar surface area (TPSA) is 34.9 Å². The molecule has 0 fully saturated rings. The van der Waals surface area contributed by atoms with Gasteiger partial charge in [0, 0.05) is 30.4 Å². The van der Waals surface area contributed by atoms with Gasteiger partial charge in [0.25, 0.3) is 0 Å². The molecule has 74 valence electrons. The number of aromatic nitrogens is 2. The van der Waals surface area contributed by atoms with Crippen molar-refractivity contribution in [1.29, 1.82) is 0 Å². The molecule has 0 spiro atoms. The smallest absolute Gasteiger partial charge is 0.152 e. The first kappa shape index (κ1) is 9.47. The minimum absolute atomic E-state index is 0.589. The van der Waals surface area contributed by atoms with Crippen molar-refractivity contribution in [2.24, 2.45) is 7.05 Å². The average molecular weight is 198 g/mol. The largest absolute Gasteiger partial charge is 0.348 e. The Morgan fingerprint density at radius 2 is 2.27 bits per heavy atom. The Morgan fingerprint density at radius 3 is 2.93 bits per heavy atom. The molecule has 2 rings (SSSR count). The summed E-state index contributed by atoms with van der Waals surface area (Å²) in [7, 11) is 1.92. The Hall–Kier alpha value is -2.08. The molecular formula is C12H10N2O. The molecule has 2 aromatic rings. The van der Waals surface area contributed by atoms with Gasteiger partial charge in [-0.1, -0.05) is 5.92 Å². The second-order valence-corrected chi connectivity index (χ2v) is 3.27. The molecule has 0 aliphatic heterocycles. The fourth-order valence-corrected chi connectivity index (χ4v) is 1.67. The molecule has 0 saturated heterocycles. The van der Waals surface area contributed by atoms with E-state index < -0.39 is 0 Å². The standard InChI is InChI=1S/C12H10N2O/c1-3-4-9-7-14(2)11-6-13-5-10(8-15)12(9)11/h5-8H,1-2H3. The Balaban J connectivity index is 2.92.